The number of ether oxygens (including phenoxy) is 2. The van der Waals surface area contributed by atoms with Crippen molar-refractivity contribution >= 4 is 33.7 Å². The van der Waals surface area contributed by atoms with E-state index < -0.39 is 0 Å². The molecule has 2 fully saturated rings. The monoisotopic (exact) mass is 654 g/mol. The van der Waals surface area contributed by atoms with Gasteiger partial charge in [0, 0.05) is 64.5 Å². The molecule has 234 valence electrons. The van der Waals surface area contributed by atoms with E-state index >= 15 is 0 Å². The van der Waals surface area contributed by atoms with Gasteiger partial charge in [0.15, 0.2) is 5.78 Å². The summed E-state index contributed by atoms with van der Waals surface area (Å²) in [6.07, 6.45) is 0.892. The highest BCUT2D eigenvalue weighted by atomic mass is 79.9. The van der Waals surface area contributed by atoms with Crippen LogP contribution in [0, 0.1) is 5.92 Å². The summed E-state index contributed by atoms with van der Waals surface area (Å²) in [7, 11) is 1.73. The molecular weight excluding hydrogens is 608 g/mol. The van der Waals surface area contributed by atoms with Crippen molar-refractivity contribution in [1.82, 2.24) is 14.7 Å². The number of ketones is 1. The van der Waals surface area contributed by atoms with E-state index in [1.807, 2.05) is 13.0 Å². The first-order chi connectivity index (χ1) is 20.6. The van der Waals surface area contributed by atoms with Gasteiger partial charge < -0.3 is 14.4 Å². The Labute approximate surface area is 265 Å². The number of nitrogens with zero attached hydrogens (tertiary/aromatic N) is 4. The van der Waals surface area contributed by atoms with Crippen molar-refractivity contribution in [2.45, 2.75) is 52.0 Å². The van der Waals surface area contributed by atoms with Gasteiger partial charge in [-0.25, -0.2) is 0 Å². The summed E-state index contributed by atoms with van der Waals surface area (Å²) < 4.78 is 15.1. The highest BCUT2D eigenvalue weighted by Crippen LogP contribution is 2.37. The number of hydrogen-bond acceptors (Lipinski definition) is 7. The van der Waals surface area contributed by atoms with E-state index in [2.05, 4.69) is 98.1 Å². The lowest BCUT2D eigenvalue weighted by molar-refractivity contribution is -0.144. The minimum Gasteiger partial charge on any atom is -0.465 e. The molecule has 0 spiro atoms. The van der Waals surface area contributed by atoms with E-state index in [9.17, 15) is 9.59 Å². The Bertz CT molecular complexity index is 1250. The van der Waals surface area contributed by atoms with E-state index in [1.54, 1.807) is 7.11 Å². The first kappa shape index (κ1) is 33.3. The fourth-order valence-electron chi connectivity index (χ4n) is 6.14. The molecule has 2 aromatic rings. The van der Waals surface area contributed by atoms with Crippen molar-refractivity contribution < 1.29 is 19.1 Å². The molecule has 0 amide bonds. The van der Waals surface area contributed by atoms with Gasteiger partial charge >= 0.3 is 5.97 Å². The van der Waals surface area contributed by atoms with Gasteiger partial charge in [0.1, 0.15) is 5.84 Å². The molecule has 4 rings (SSSR count). The molecule has 0 aromatic heterocycles. The highest BCUT2D eigenvalue weighted by molar-refractivity contribution is 9.08. The van der Waals surface area contributed by atoms with Gasteiger partial charge in [-0.15, -0.1) is 0 Å². The van der Waals surface area contributed by atoms with E-state index in [4.69, 9.17) is 9.47 Å². The van der Waals surface area contributed by atoms with Gasteiger partial charge in [0.05, 0.1) is 35.8 Å². The number of amidine groups is 1. The zero-order valence-corrected chi connectivity index (χ0v) is 27.9. The maximum atomic E-state index is 13.9. The van der Waals surface area contributed by atoms with Crippen molar-refractivity contribution in [3.05, 3.63) is 70.8 Å². The highest BCUT2D eigenvalue weighted by Gasteiger charge is 2.40. The number of Topliss-reactive ketones (excluding diaryl/α,β-unsaturated/α-hetero) is 1. The minimum atomic E-state index is -0.164. The third-order valence-electron chi connectivity index (χ3n) is 8.51. The first-order valence-electron chi connectivity index (χ1n) is 15.4. The van der Waals surface area contributed by atoms with Crippen LogP contribution in [-0.2, 0) is 26.2 Å². The quantitative estimate of drug-likeness (QED) is 0.227. The molecule has 0 bridgehead atoms. The summed E-state index contributed by atoms with van der Waals surface area (Å²) in [6, 6.07) is 16.8. The van der Waals surface area contributed by atoms with Crippen molar-refractivity contribution in [2.24, 2.45) is 9.94 Å². The number of hydrogen-bond donors (Lipinski definition) is 0. The molecule has 2 aliphatic heterocycles. The van der Waals surface area contributed by atoms with Gasteiger partial charge in [0.25, 0.3) is 0 Å². The number of rotatable bonds is 12. The number of carbonyl (C=O) groups excluding carboxylic acids is 2. The Balaban J connectivity index is 1.50. The summed E-state index contributed by atoms with van der Waals surface area (Å²) >= 11 is 3.39. The molecule has 2 atom stereocenters. The van der Waals surface area contributed by atoms with Crippen LogP contribution >= 0.6 is 16.1 Å². The maximum absolute atomic E-state index is 13.9. The average Bonchev–Trinajstić information content (AvgIpc) is 3.33. The lowest BCUT2D eigenvalue weighted by atomic mass is 9.84. The summed E-state index contributed by atoms with van der Waals surface area (Å²) in [5, 5.41) is 0. The number of halogens is 1. The molecule has 0 aliphatic carbocycles. The van der Waals surface area contributed by atoms with Crippen LogP contribution in [0.4, 0.5) is 0 Å². The number of esters is 1. The maximum Gasteiger partial charge on any atom is 0.320 e. The fourth-order valence-corrected chi connectivity index (χ4v) is 6.59. The predicted molar refractivity (Wildman–Crippen MR) is 175 cm³/mol. The molecule has 2 saturated heterocycles. The number of methoxy groups -OCH3 is 1. The van der Waals surface area contributed by atoms with E-state index in [0.29, 0.717) is 25.7 Å². The Morgan fingerprint density at radius 3 is 2.33 bits per heavy atom. The first-order valence-corrected chi connectivity index (χ1v) is 16.1. The van der Waals surface area contributed by atoms with Crippen LogP contribution in [0.2, 0.25) is 0 Å². The molecule has 2 heterocycles. The normalized spacial score (nSPS) is 21.0. The molecule has 2 aliphatic rings. The summed E-state index contributed by atoms with van der Waals surface area (Å²) in [6.45, 7) is 15.0. The minimum absolute atomic E-state index is 0.0941. The van der Waals surface area contributed by atoms with Crippen LogP contribution in [0.1, 0.15) is 67.1 Å². The number of piperazine rings is 1. The topological polar surface area (TPSA) is 74.7 Å². The Morgan fingerprint density at radius 1 is 1.00 bits per heavy atom. The van der Waals surface area contributed by atoms with E-state index in [1.165, 1.54) is 5.56 Å². The van der Waals surface area contributed by atoms with Gasteiger partial charge in [-0.2, -0.15) is 4.02 Å². The van der Waals surface area contributed by atoms with Crippen LogP contribution in [0.3, 0.4) is 0 Å². The van der Waals surface area contributed by atoms with Crippen LogP contribution < -0.4 is 0 Å². The largest absolute Gasteiger partial charge is 0.465 e. The second-order valence-corrected chi connectivity index (χ2v) is 13.1. The molecule has 0 saturated carbocycles. The lowest BCUT2D eigenvalue weighted by Crippen LogP contribution is -2.47. The summed E-state index contributed by atoms with van der Waals surface area (Å²) in [5.74, 6) is 1.23. The molecule has 9 heteroatoms. The Kier molecular flexibility index (Phi) is 11.9. The van der Waals surface area contributed by atoms with Gasteiger partial charge in [0.2, 0.25) is 0 Å². The molecule has 2 aromatic carbocycles. The van der Waals surface area contributed by atoms with E-state index in [0.717, 1.165) is 68.2 Å². The summed E-state index contributed by atoms with van der Waals surface area (Å²) in [4.78, 5) is 32.5. The average molecular weight is 656 g/mol. The van der Waals surface area contributed by atoms with Crippen LogP contribution in [0.25, 0.3) is 0 Å². The van der Waals surface area contributed by atoms with Crippen molar-refractivity contribution in [3.8, 4) is 0 Å². The lowest BCUT2D eigenvalue weighted by Gasteiger charge is -2.34. The van der Waals surface area contributed by atoms with Crippen LogP contribution in [0.15, 0.2) is 52.5 Å². The molecule has 0 unspecified atom stereocenters. The van der Waals surface area contributed by atoms with Crippen molar-refractivity contribution in [1.29, 1.82) is 0 Å². The SMILES string of the molecule is CCOC(=O)CN1CCN(Cc2cc(C(=O)CN3C[C@H](CCOC)[C@@H](c4ccccc4)/C3=N/Br)cc(C(C)(C)C)c2)CC1. The number of benzene rings is 2. The molecule has 0 radical (unpaired) electrons. The molecule has 43 heavy (non-hydrogen) atoms. The zero-order valence-electron chi connectivity index (χ0n) is 26.4. The molecule has 8 nitrogen and oxygen atoms in total. The van der Waals surface area contributed by atoms with Crippen molar-refractivity contribution in [3.63, 3.8) is 0 Å². The third kappa shape index (κ3) is 8.97. The van der Waals surface area contributed by atoms with Gasteiger partial charge in [-0.3, -0.25) is 19.4 Å². The third-order valence-corrected chi connectivity index (χ3v) is 8.87. The number of carbonyl (C=O) groups is 2. The smallest absolute Gasteiger partial charge is 0.320 e. The predicted octanol–water partition coefficient (Wildman–Crippen LogP) is 5.31. The second-order valence-electron chi connectivity index (χ2n) is 12.7. The number of likely N-dealkylation sites (tertiary alicyclic amines) is 1. The zero-order chi connectivity index (χ0) is 31.0. The summed E-state index contributed by atoms with van der Waals surface area (Å²) in [5.41, 5.74) is 4.16. The molecular formula is C34H47BrN4O4. The fraction of sp³-hybridized carbons (Fsp3) is 0.559. The van der Waals surface area contributed by atoms with Crippen LogP contribution in [-0.4, -0.2) is 98.4 Å². The standard InChI is InChI=1S/C34H47BrN4O4/c1-6-43-31(41)24-38-15-13-37(14-16-38)21-25-18-28(20-29(19-25)34(2,3)4)30(40)23-39-22-27(12-17-42-5)32(33(39)36-35)26-10-8-7-9-11-26/h7-11,18-20,27,32H,6,12-17,21-24H2,1-5H3/b36-33-/t27-,32+/m0/s1. The van der Waals surface area contributed by atoms with Gasteiger partial charge in [-0.05, 0) is 53.5 Å². The Morgan fingerprint density at radius 2 is 1.70 bits per heavy atom. The van der Waals surface area contributed by atoms with Crippen molar-refractivity contribution in [2.75, 3.05) is 66.1 Å². The molecule has 0 N–H and O–H groups in total. The second kappa shape index (κ2) is 15.4. The van der Waals surface area contributed by atoms with Gasteiger partial charge in [-0.1, -0.05) is 57.2 Å². The van der Waals surface area contributed by atoms with E-state index in [-0.39, 0.29) is 29.6 Å². The Hall–Kier alpha value is -2.59. The van der Waals surface area contributed by atoms with Crippen LogP contribution in [0.5, 0.6) is 0 Å².